The van der Waals surface area contributed by atoms with E-state index in [1.807, 2.05) is 91.9 Å². The minimum atomic E-state index is -0.187. The van der Waals surface area contributed by atoms with E-state index >= 15 is 0 Å². The Bertz CT molecular complexity index is 1190. The van der Waals surface area contributed by atoms with E-state index in [1.54, 1.807) is 6.20 Å². The topological polar surface area (TPSA) is 50.5 Å². The highest BCUT2D eigenvalue weighted by Crippen LogP contribution is 2.43. The number of nitrogens with one attached hydrogen (secondary N) is 1. The van der Waals surface area contributed by atoms with Crippen molar-refractivity contribution in [2.75, 3.05) is 11.5 Å². The Labute approximate surface area is 192 Å². The van der Waals surface area contributed by atoms with Crippen LogP contribution >= 0.6 is 12.2 Å². The summed E-state index contributed by atoms with van der Waals surface area (Å²) in [6.45, 7) is 2.60. The lowest BCUT2D eigenvalue weighted by molar-refractivity contribution is 0.340. The van der Waals surface area contributed by atoms with Crippen LogP contribution in [0.2, 0.25) is 0 Å². The van der Waals surface area contributed by atoms with E-state index in [4.69, 9.17) is 21.4 Å². The second-order valence-electron chi connectivity index (χ2n) is 7.49. The molecule has 1 N–H and O–H groups in total. The Morgan fingerprint density at radius 2 is 1.75 bits per heavy atom. The molecule has 3 heterocycles. The van der Waals surface area contributed by atoms with Gasteiger partial charge in [0, 0.05) is 17.4 Å². The first-order valence-electron chi connectivity index (χ1n) is 10.6. The molecule has 2 aromatic carbocycles. The number of nitrogens with zero attached hydrogens (tertiary/aromatic N) is 2. The van der Waals surface area contributed by atoms with Gasteiger partial charge in [-0.15, -0.1) is 0 Å². The predicted octanol–water partition coefficient (Wildman–Crippen LogP) is 5.92. The maximum absolute atomic E-state index is 6.37. The van der Waals surface area contributed by atoms with Gasteiger partial charge in [-0.2, -0.15) is 0 Å². The molecule has 32 heavy (non-hydrogen) atoms. The van der Waals surface area contributed by atoms with Gasteiger partial charge in [-0.3, -0.25) is 4.98 Å². The Balaban J connectivity index is 1.56. The molecule has 0 saturated carbocycles. The molecule has 5 nitrogen and oxygen atoms in total. The van der Waals surface area contributed by atoms with Crippen molar-refractivity contribution in [2.24, 2.45) is 0 Å². The van der Waals surface area contributed by atoms with Gasteiger partial charge in [-0.25, -0.2) is 0 Å². The van der Waals surface area contributed by atoms with Gasteiger partial charge >= 0.3 is 0 Å². The molecule has 0 unspecified atom stereocenters. The van der Waals surface area contributed by atoms with Gasteiger partial charge in [-0.05, 0) is 67.7 Å². The maximum Gasteiger partial charge on any atom is 0.174 e. The van der Waals surface area contributed by atoms with Crippen molar-refractivity contribution in [2.45, 2.75) is 19.0 Å². The molecule has 1 aliphatic rings. The smallest absolute Gasteiger partial charge is 0.174 e. The number of ether oxygens (including phenoxy) is 1. The Morgan fingerprint density at radius 3 is 2.47 bits per heavy atom. The maximum atomic E-state index is 6.37. The molecule has 6 heteroatoms. The van der Waals surface area contributed by atoms with E-state index in [0.717, 1.165) is 34.2 Å². The number of thiocarbonyl (C=S) groups is 1. The first-order valence-corrected chi connectivity index (χ1v) is 11.0. The summed E-state index contributed by atoms with van der Waals surface area (Å²) in [5, 5.41) is 4.09. The minimum Gasteiger partial charge on any atom is -0.494 e. The van der Waals surface area contributed by atoms with Crippen LogP contribution in [-0.2, 0) is 0 Å². The Hall–Kier alpha value is -3.64. The number of rotatable bonds is 6. The van der Waals surface area contributed by atoms with Gasteiger partial charge in [0.05, 0.1) is 18.3 Å². The molecule has 4 aromatic rings. The highest BCUT2D eigenvalue weighted by molar-refractivity contribution is 7.80. The van der Waals surface area contributed by atoms with Gasteiger partial charge in [0.15, 0.2) is 5.11 Å². The number of benzene rings is 2. The summed E-state index contributed by atoms with van der Waals surface area (Å²) < 4.78 is 12.0. The lowest BCUT2D eigenvalue weighted by atomic mass is 10.0. The van der Waals surface area contributed by atoms with Gasteiger partial charge < -0.3 is 19.4 Å². The van der Waals surface area contributed by atoms with Gasteiger partial charge in [0.25, 0.3) is 0 Å². The fraction of sp³-hybridized carbons (Fsp3) is 0.154. The molecule has 5 rings (SSSR count). The second-order valence-corrected chi connectivity index (χ2v) is 7.88. The summed E-state index contributed by atoms with van der Waals surface area (Å²) in [5.41, 5.74) is 2.91. The van der Waals surface area contributed by atoms with E-state index < -0.39 is 0 Å². The highest BCUT2D eigenvalue weighted by atomic mass is 32.1. The highest BCUT2D eigenvalue weighted by Gasteiger charge is 2.42. The zero-order chi connectivity index (χ0) is 21.9. The molecule has 160 valence electrons. The molecule has 2 aromatic heterocycles. The zero-order valence-electron chi connectivity index (χ0n) is 17.6. The van der Waals surface area contributed by atoms with E-state index in [9.17, 15) is 0 Å². The number of pyridine rings is 1. The SMILES string of the molecule is CCOc1ccc(N2C(=S)N[C@@H](c3ccccn3)[C@@H]2c2ccc(-c3ccccc3)o2)cc1. The van der Waals surface area contributed by atoms with Crippen LogP contribution in [-0.4, -0.2) is 16.7 Å². The summed E-state index contributed by atoms with van der Waals surface area (Å²) in [6.07, 6.45) is 1.80. The fourth-order valence-corrected chi connectivity index (χ4v) is 4.41. The minimum absolute atomic E-state index is 0.148. The molecule has 0 bridgehead atoms. The molecule has 1 aliphatic heterocycles. The summed E-state index contributed by atoms with van der Waals surface area (Å²) in [4.78, 5) is 6.69. The quantitative estimate of drug-likeness (QED) is 0.375. The molecular formula is C26H23N3O2S. The summed E-state index contributed by atoms with van der Waals surface area (Å²) in [6, 6.07) is 27.7. The lowest BCUT2D eigenvalue weighted by Gasteiger charge is -2.26. The average Bonchev–Trinajstić information content (AvgIpc) is 3.46. The van der Waals surface area contributed by atoms with Crippen molar-refractivity contribution in [3.63, 3.8) is 0 Å². The van der Waals surface area contributed by atoms with Gasteiger partial charge in [0.1, 0.15) is 23.3 Å². The van der Waals surface area contributed by atoms with E-state index in [0.29, 0.717) is 11.7 Å². The van der Waals surface area contributed by atoms with Crippen LogP contribution in [0.3, 0.4) is 0 Å². The Kier molecular flexibility index (Phi) is 5.60. The number of anilines is 1. The van der Waals surface area contributed by atoms with Crippen molar-refractivity contribution in [1.82, 2.24) is 10.3 Å². The van der Waals surface area contributed by atoms with Gasteiger partial charge in [-0.1, -0.05) is 36.4 Å². The average molecular weight is 442 g/mol. The molecule has 0 spiro atoms. The van der Waals surface area contributed by atoms with Crippen molar-refractivity contribution >= 4 is 23.0 Å². The number of hydrogen-bond donors (Lipinski definition) is 1. The summed E-state index contributed by atoms with van der Waals surface area (Å²) in [5.74, 6) is 2.47. The third-order valence-electron chi connectivity index (χ3n) is 5.50. The predicted molar refractivity (Wildman–Crippen MR) is 130 cm³/mol. The summed E-state index contributed by atoms with van der Waals surface area (Å²) >= 11 is 5.78. The summed E-state index contributed by atoms with van der Waals surface area (Å²) in [7, 11) is 0. The van der Waals surface area contributed by atoms with Crippen molar-refractivity contribution in [1.29, 1.82) is 0 Å². The fourth-order valence-electron chi connectivity index (χ4n) is 4.06. The van der Waals surface area contributed by atoms with Crippen LogP contribution in [0.4, 0.5) is 5.69 Å². The van der Waals surface area contributed by atoms with Crippen LogP contribution in [0.15, 0.2) is 95.5 Å². The largest absolute Gasteiger partial charge is 0.494 e. The lowest BCUT2D eigenvalue weighted by Crippen LogP contribution is -2.29. The molecule has 0 amide bonds. The Morgan fingerprint density at radius 1 is 0.969 bits per heavy atom. The number of aromatic nitrogens is 1. The third kappa shape index (κ3) is 3.85. The molecule has 0 aliphatic carbocycles. The standard InChI is InChI=1S/C26H23N3O2S/c1-2-30-20-13-11-19(12-14-20)29-25(24(28-26(29)32)21-10-6-7-17-27-21)23-16-15-22(31-23)18-8-4-3-5-9-18/h3-17,24-25H,2H2,1H3,(H,28,32)/t24-,25-/m0/s1. The number of hydrogen-bond acceptors (Lipinski definition) is 4. The monoisotopic (exact) mass is 441 g/mol. The van der Waals surface area contributed by atoms with E-state index in [2.05, 4.69) is 15.2 Å². The van der Waals surface area contributed by atoms with Crippen LogP contribution < -0.4 is 15.0 Å². The zero-order valence-corrected chi connectivity index (χ0v) is 18.5. The second kappa shape index (κ2) is 8.85. The normalized spacial score (nSPS) is 17.9. The van der Waals surface area contributed by atoms with Gasteiger partial charge in [0.2, 0.25) is 0 Å². The van der Waals surface area contributed by atoms with Crippen LogP contribution in [0, 0.1) is 0 Å². The van der Waals surface area contributed by atoms with Crippen LogP contribution in [0.1, 0.15) is 30.5 Å². The van der Waals surface area contributed by atoms with Crippen LogP contribution in [0.25, 0.3) is 11.3 Å². The van der Waals surface area contributed by atoms with Crippen molar-refractivity contribution in [3.05, 3.63) is 103 Å². The first-order chi connectivity index (χ1) is 15.7. The molecule has 0 radical (unpaired) electrons. The molecule has 1 fully saturated rings. The number of furan rings is 1. The van der Waals surface area contributed by atoms with E-state index in [1.165, 1.54) is 0 Å². The van der Waals surface area contributed by atoms with Crippen LogP contribution in [0.5, 0.6) is 5.75 Å². The first kappa shape index (κ1) is 20.3. The molecule has 2 atom stereocenters. The third-order valence-corrected chi connectivity index (χ3v) is 5.82. The van der Waals surface area contributed by atoms with E-state index in [-0.39, 0.29) is 12.1 Å². The molecular weight excluding hydrogens is 418 g/mol. The van der Waals surface area contributed by atoms with Crippen molar-refractivity contribution in [3.8, 4) is 17.1 Å². The van der Waals surface area contributed by atoms with Crippen molar-refractivity contribution < 1.29 is 9.15 Å². The molecule has 1 saturated heterocycles.